The molecule has 4 aromatic carbocycles. The summed E-state index contributed by atoms with van der Waals surface area (Å²) in [4.78, 5) is 24.8. The summed E-state index contributed by atoms with van der Waals surface area (Å²) in [6.07, 6.45) is 2.36. The number of aliphatic hydroxyl groups excluding tert-OH is 2. The smallest absolute Gasteiger partial charge is 0.295 e. The van der Waals surface area contributed by atoms with E-state index in [0.29, 0.717) is 11.4 Å². The lowest BCUT2D eigenvalue weighted by Crippen LogP contribution is -2.12. The van der Waals surface area contributed by atoms with Gasteiger partial charge in [-0.2, -0.15) is 46.7 Å². The Morgan fingerprint density at radius 1 is 0.561 bits per heavy atom. The third-order valence-corrected chi connectivity index (χ3v) is 9.61. The van der Waals surface area contributed by atoms with E-state index in [9.17, 15) is 36.2 Å². The van der Waals surface area contributed by atoms with E-state index in [1.54, 1.807) is 48.5 Å². The lowest BCUT2D eigenvalue weighted by molar-refractivity contribution is 0.310. The minimum absolute atomic E-state index is 0.00738. The molecule has 0 atom stereocenters. The number of nitrogens with zero attached hydrogens (tertiary/aromatic N) is 6. The fourth-order valence-corrected chi connectivity index (χ4v) is 6.74. The van der Waals surface area contributed by atoms with Crippen molar-refractivity contribution in [3.05, 3.63) is 102 Å². The second-order valence-corrected chi connectivity index (χ2v) is 14.7. The lowest BCUT2D eigenvalue weighted by Gasteiger charge is -2.13. The molecule has 10 N–H and O–H groups in total. The molecule has 0 saturated carbocycles. The molecule has 0 saturated heterocycles. The fourth-order valence-electron chi connectivity index (χ4n) is 5.29. The number of hydrogen-bond acceptors (Lipinski definition) is 17. The Morgan fingerprint density at radius 2 is 1.04 bits per heavy atom. The third kappa shape index (κ3) is 10.4. The van der Waals surface area contributed by atoms with Gasteiger partial charge in [0.15, 0.2) is 11.6 Å². The van der Waals surface area contributed by atoms with Gasteiger partial charge in [0.25, 0.3) is 20.2 Å². The molecule has 2 aromatic heterocycles. The summed E-state index contributed by atoms with van der Waals surface area (Å²) in [5, 5.41) is 30.4. The zero-order chi connectivity index (χ0) is 40.6. The van der Waals surface area contributed by atoms with E-state index >= 15 is 0 Å². The van der Waals surface area contributed by atoms with E-state index in [-0.39, 0.29) is 89.7 Å². The predicted octanol–water partition coefficient (Wildman–Crippen LogP) is 3.93. The normalized spacial score (nSPS) is 11.7. The highest BCUT2D eigenvalue weighted by Gasteiger charge is 2.22. The quantitative estimate of drug-likeness (QED) is 0.0380. The first-order valence-electron chi connectivity index (χ1n) is 16.9. The SMILES string of the molecule is Nc1cc(-c2nc(NCCO)nc(Nc3ccccc3)n2)cc(S(=O)(=O)O)c1C=Cc1ccc(-c2nc(NCCO)nc(Nc3ccccc3)n2)cc1S(=O)(=O)O. The first-order chi connectivity index (χ1) is 27.3. The van der Waals surface area contributed by atoms with Gasteiger partial charge in [0.05, 0.1) is 13.2 Å². The second-order valence-electron chi connectivity index (χ2n) is 11.9. The van der Waals surface area contributed by atoms with Gasteiger partial charge in [-0.05, 0) is 48.0 Å². The number of hydrogen-bond donors (Lipinski definition) is 9. The standard InChI is InChI=1S/C36H35N11O8S2/c37-28-19-24(32-43-34(39-16-18-49)47-36(45-32)41-26-9-5-2-6-10-26)21-30(57(53,54)55)27(28)14-13-22-11-12-23(20-29(22)56(50,51)52)31-42-33(38-15-17-48)46-35(44-31)40-25-7-3-1-4-8-25/h1-14,19-21,48-49H,15-18,37H2,(H,50,51,52)(H,53,54,55)(H2,38,40,42,44,46)(H2,39,41,43,45,47). The number of benzene rings is 4. The Morgan fingerprint density at radius 3 is 1.53 bits per heavy atom. The molecule has 0 aliphatic heterocycles. The molecule has 0 unspecified atom stereocenters. The molecule has 6 aromatic rings. The van der Waals surface area contributed by atoms with Crippen LogP contribution in [0.3, 0.4) is 0 Å². The molecule has 294 valence electrons. The molecule has 2 heterocycles. The largest absolute Gasteiger partial charge is 0.398 e. The molecule has 21 heteroatoms. The van der Waals surface area contributed by atoms with Gasteiger partial charge in [0.2, 0.25) is 23.8 Å². The molecule has 0 radical (unpaired) electrons. The Balaban J connectivity index is 1.39. The van der Waals surface area contributed by atoms with E-state index < -0.39 is 30.0 Å². The van der Waals surface area contributed by atoms with E-state index in [2.05, 4.69) is 51.2 Å². The van der Waals surface area contributed by atoms with Crippen molar-refractivity contribution in [2.24, 2.45) is 0 Å². The zero-order valence-corrected chi connectivity index (χ0v) is 31.3. The van der Waals surface area contributed by atoms with Crippen LogP contribution in [0.4, 0.5) is 40.9 Å². The van der Waals surface area contributed by atoms with Crippen molar-refractivity contribution < 1.29 is 36.2 Å². The summed E-state index contributed by atoms with van der Waals surface area (Å²) in [6.45, 7) is -0.264. The van der Waals surface area contributed by atoms with Crippen LogP contribution in [0, 0.1) is 0 Å². The van der Waals surface area contributed by atoms with Gasteiger partial charge in [0.1, 0.15) is 9.79 Å². The average molecular weight is 814 g/mol. The van der Waals surface area contributed by atoms with Crippen molar-refractivity contribution >= 4 is 73.2 Å². The molecule has 0 bridgehead atoms. The van der Waals surface area contributed by atoms with Crippen LogP contribution in [0.2, 0.25) is 0 Å². The number of nitrogens with two attached hydrogens (primary N) is 1. The van der Waals surface area contributed by atoms with Crippen molar-refractivity contribution in [3.8, 4) is 22.8 Å². The van der Waals surface area contributed by atoms with E-state index in [1.165, 1.54) is 24.3 Å². The van der Waals surface area contributed by atoms with E-state index in [0.717, 1.165) is 18.2 Å². The number of rotatable bonds is 16. The number of nitrogen functional groups attached to an aromatic ring is 1. The second kappa shape index (κ2) is 17.5. The Hall–Kier alpha value is -6.62. The van der Waals surface area contributed by atoms with Crippen LogP contribution in [0.15, 0.2) is 101 Å². The first kappa shape index (κ1) is 40.1. The van der Waals surface area contributed by atoms with Crippen molar-refractivity contribution in [1.29, 1.82) is 0 Å². The Kier molecular flexibility index (Phi) is 12.3. The molecule has 0 aliphatic carbocycles. The number of anilines is 7. The van der Waals surface area contributed by atoms with Gasteiger partial charge in [-0.25, -0.2) is 0 Å². The molecule has 6 rings (SSSR count). The Labute approximate surface area is 326 Å². The van der Waals surface area contributed by atoms with Crippen LogP contribution < -0.4 is 27.0 Å². The molecular formula is C36H35N11O8S2. The highest BCUT2D eigenvalue weighted by molar-refractivity contribution is 7.86. The summed E-state index contributed by atoms with van der Waals surface area (Å²) < 4.78 is 71.5. The molecule has 0 aliphatic rings. The van der Waals surface area contributed by atoms with Crippen molar-refractivity contribution in [3.63, 3.8) is 0 Å². The van der Waals surface area contributed by atoms with Crippen molar-refractivity contribution in [1.82, 2.24) is 29.9 Å². The van der Waals surface area contributed by atoms with Gasteiger partial charge >= 0.3 is 0 Å². The summed E-state index contributed by atoms with van der Waals surface area (Å²) in [6, 6.07) is 24.2. The molecule has 0 amide bonds. The number of aliphatic hydroxyl groups is 2. The Bertz CT molecular complexity index is 2640. The lowest BCUT2D eigenvalue weighted by atomic mass is 10.1. The molecule has 57 heavy (non-hydrogen) atoms. The van der Waals surface area contributed by atoms with Crippen LogP contribution in [0.5, 0.6) is 0 Å². The van der Waals surface area contributed by atoms with Gasteiger partial charge < -0.3 is 37.2 Å². The number of para-hydroxylation sites is 2. The predicted molar refractivity (Wildman–Crippen MR) is 214 cm³/mol. The van der Waals surface area contributed by atoms with Gasteiger partial charge in [-0.3, -0.25) is 9.11 Å². The highest BCUT2D eigenvalue weighted by atomic mass is 32.2. The summed E-state index contributed by atoms with van der Waals surface area (Å²) >= 11 is 0. The maximum absolute atomic E-state index is 12.8. The molecule has 19 nitrogen and oxygen atoms in total. The zero-order valence-electron chi connectivity index (χ0n) is 29.6. The van der Waals surface area contributed by atoms with E-state index in [4.69, 9.17) is 5.73 Å². The minimum Gasteiger partial charge on any atom is -0.398 e. The van der Waals surface area contributed by atoms with Gasteiger partial charge in [0, 0.05) is 46.8 Å². The van der Waals surface area contributed by atoms with E-state index in [1.807, 2.05) is 12.1 Å². The molecule has 0 spiro atoms. The number of nitrogens with one attached hydrogen (secondary N) is 4. The van der Waals surface area contributed by atoms with Gasteiger partial charge in [-0.15, -0.1) is 0 Å². The van der Waals surface area contributed by atoms with Crippen LogP contribution in [0.1, 0.15) is 11.1 Å². The van der Waals surface area contributed by atoms with Crippen LogP contribution >= 0.6 is 0 Å². The topological polar surface area (TPSA) is 301 Å². The monoisotopic (exact) mass is 813 g/mol. The van der Waals surface area contributed by atoms with Crippen LogP contribution in [0.25, 0.3) is 34.9 Å². The summed E-state index contributed by atoms with van der Waals surface area (Å²) in [5.74, 6) is 0.243. The van der Waals surface area contributed by atoms with Crippen LogP contribution in [-0.2, 0) is 20.2 Å². The average Bonchev–Trinajstić information content (AvgIpc) is 3.18. The summed E-state index contributed by atoms with van der Waals surface area (Å²) in [7, 11) is -9.89. The number of aromatic nitrogens is 6. The van der Waals surface area contributed by atoms with Gasteiger partial charge in [-0.1, -0.05) is 60.7 Å². The van der Waals surface area contributed by atoms with Crippen molar-refractivity contribution in [2.75, 3.05) is 53.3 Å². The fraction of sp³-hybridized carbons (Fsp3) is 0.111. The maximum atomic E-state index is 12.8. The van der Waals surface area contributed by atoms with Crippen LogP contribution in [-0.4, -0.2) is 92.4 Å². The minimum atomic E-state index is -4.98. The summed E-state index contributed by atoms with van der Waals surface area (Å²) in [5.41, 5.74) is 7.40. The molecule has 0 fully saturated rings. The third-order valence-electron chi connectivity index (χ3n) is 7.81. The van der Waals surface area contributed by atoms with Crippen molar-refractivity contribution in [2.45, 2.75) is 9.79 Å². The molecular weight excluding hydrogens is 779 g/mol. The first-order valence-corrected chi connectivity index (χ1v) is 19.8. The highest BCUT2D eigenvalue weighted by Crippen LogP contribution is 2.33. The maximum Gasteiger partial charge on any atom is 0.295 e.